The smallest absolute Gasteiger partial charge is 0.237 e. The summed E-state index contributed by atoms with van der Waals surface area (Å²) >= 11 is 0. The zero-order valence-corrected chi connectivity index (χ0v) is 27.2. The van der Waals surface area contributed by atoms with E-state index >= 15 is 0 Å². The second-order valence-electron chi connectivity index (χ2n) is 12.5. The number of nitriles is 1. The summed E-state index contributed by atoms with van der Waals surface area (Å²) in [4.78, 5) is 17.8. The molecule has 4 bridgehead atoms. The van der Waals surface area contributed by atoms with Crippen LogP contribution in [0.2, 0.25) is 0 Å². The van der Waals surface area contributed by atoms with Gasteiger partial charge in [-0.1, -0.05) is 98.8 Å². The van der Waals surface area contributed by atoms with Crippen molar-refractivity contribution in [3.63, 3.8) is 0 Å². The number of hydrogen-bond acceptors (Lipinski definition) is 9. The zero-order valence-electron chi connectivity index (χ0n) is 27.2. The van der Waals surface area contributed by atoms with E-state index in [2.05, 4.69) is 10.3 Å². The molecule has 1 aromatic heterocycles. The lowest BCUT2D eigenvalue weighted by atomic mass is 9.80. The van der Waals surface area contributed by atoms with Gasteiger partial charge in [0.15, 0.2) is 17.1 Å². The summed E-state index contributed by atoms with van der Waals surface area (Å²) < 4.78 is 18.8. The third kappa shape index (κ3) is 6.91. The van der Waals surface area contributed by atoms with Crippen LogP contribution in [0.25, 0.3) is 0 Å². The Kier molecular flexibility index (Phi) is 9.78. The molecule has 0 aliphatic carbocycles. The van der Waals surface area contributed by atoms with Gasteiger partial charge in [-0.25, -0.2) is 4.98 Å². The first-order chi connectivity index (χ1) is 23.7. The largest absolute Gasteiger partial charge is 0.489 e. The Morgan fingerprint density at radius 2 is 1.57 bits per heavy atom. The van der Waals surface area contributed by atoms with Crippen molar-refractivity contribution >= 4 is 5.91 Å². The number of hydrogen-bond donors (Lipinski definition) is 4. The molecule has 10 heteroatoms. The molecule has 0 radical (unpaired) electrons. The molecule has 0 saturated carbocycles. The van der Waals surface area contributed by atoms with Crippen molar-refractivity contribution in [2.45, 2.75) is 57.3 Å². The third-order valence-electron chi connectivity index (χ3n) is 8.66. The van der Waals surface area contributed by atoms with Crippen LogP contribution in [0, 0.1) is 17.2 Å². The SMILES string of the molecule is CC(C)[C@@H]1NC(=O)[C@H](N)Cc2ccc(OCc3ccccc3)c(c2)[C@@H](O)[C@](O)(c2ccccc2OCc2ccccc2)c2oc1nc2C#N. The first-order valence-corrected chi connectivity index (χ1v) is 16.1. The van der Waals surface area contributed by atoms with E-state index in [4.69, 9.17) is 19.6 Å². The zero-order chi connectivity index (χ0) is 34.5. The van der Waals surface area contributed by atoms with E-state index < -0.39 is 29.7 Å². The van der Waals surface area contributed by atoms with Crippen LogP contribution in [0.15, 0.2) is 108 Å². The molecule has 1 aliphatic rings. The number of nitrogens with one attached hydrogen (secondary N) is 1. The van der Waals surface area contributed by atoms with E-state index in [1.165, 1.54) is 0 Å². The van der Waals surface area contributed by atoms with Crippen molar-refractivity contribution in [1.29, 1.82) is 5.26 Å². The lowest BCUT2D eigenvalue weighted by Crippen LogP contribution is -2.44. The number of nitrogens with two attached hydrogens (primary N) is 1. The van der Waals surface area contributed by atoms with E-state index in [9.17, 15) is 20.3 Å². The summed E-state index contributed by atoms with van der Waals surface area (Å²) in [7, 11) is 0. The van der Waals surface area contributed by atoms with Crippen molar-refractivity contribution in [2.75, 3.05) is 0 Å². The predicted octanol–water partition coefficient (Wildman–Crippen LogP) is 5.37. The lowest BCUT2D eigenvalue weighted by Gasteiger charge is -2.34. The molecule has 250 valence electrons. The van der Waals surface area contributed by atoms with Gasteiger partial charge in [0.2, 0.25) is 11.8 Å². The van der Waals surface area contributed by atoms with Gasteiger partial charge >= 0.3 is 0 Å². The summed E-state index contributed by atoms with van der Waals surface area (Å²) in [6, 6.07) is 31.1. The van der Waals surface area contributed by atoms with Gasteiger partial charge in [-0.15, -0.1) is 0 Å². The fourth-order valence-electron chi connectivity index (χ4n) is 5.99. The normalized spacial score (nSPS) is 20.7. The Hall–Kier alpha value is -5.47. The van der Waals surface area contributed by atoms with Crippen LogP contribution in [0.3, 0.4) is 0 Å². The standard InChI is InChI=1S/C39H38N4O6/c1-24(2)34-38-42-31(21-40)36(49-38)39(46,29-15-9-10-16-33(29)48-23-26-13-7-4-8-14-26)35(44)28-19-27(20-30(41)37(45)43-34)17-18-32(28)47-22-25-11-5-3-6-12-25/h3-19,24,30,34-35,44,46H,20,22-23,41H2,1-2H3,(H,43,45)/t30-,34+,35-,39-/m1/s1. The molecule has 5 N–H and O–H groups in total. The number of para-hydroxylation sites is 1. The summed E-state index contributed by atoms with van der Waals surface area (Å²) in [6.07, 6.45) is -1.66. The van der Waals surface area contributed by atoms with Gasteiger partial charge in [0.05, 0.1) is 6.04 Å². The Bertz CT molecular complexity index is 1960. The van der Waals surface area contributed by atoms with Crippen LogP contribution in [0.5, 0.6) is 11.5 Å². The molecule has 2 heterocycles. The molecule has 0 spiro atoms. The number of oxazole rings is 1. The average Bonchev–Trinajstić information content (AvgIpc) is 3.57. The number of rotatable bonds is 8. The van der Waals surface area contributed by atoms with E-state index in [-0.39, 0.29) is 65.5 Å². The maximum absolute atomic E-state index is 13.4. The highest BCUT2D eigenvalue weighted by atomic mass is 16.5. The Balaban J connectivity index is 1.56. The van der Waals surface area contributed by atoms with Crippen LogP contribution in [0.4, 0.5) is 0 Å². The highest BCUT2D eigenvalue weighted by Gasteiger charge is 2.49. The quantitative estimate of drug-likeness (QED) is 0.172. The number of benzene rings is 4. The third-order valence-corrected chi connectivity index (χ3v) is 8.66. The maximum Gasteiger partial charge on any atom is 0.237 e. The van der Waals surface area contributed by atoms with Gasteiger partial charge in [-0.3, -0.25) is 4.79 Å². The molecule has 4 atom stereocenters. The predicted molar refractivity (Wildman–Crippen MR) is 181 cm³/mol. The first kappa shape index (κ1) is 33.4. The van der Waals surface area contributed by atoms with Crippen molar-refractivity contribution in [2.24, 2.45) is 11.7 Å². The number of ether oxygens (including phenoxy) is 2. The lowest BCUT2D eigenvalue weighted by molar-refractivity contribution is -0.123. The van der Waals surface area contributed by atoms with E-state index in [1.54, 1.807) is 42.5 Å². The minimum absolute atomic E-state index is 0.0121. The van der Waals surface area contributed by atoms with E-state index in [1.807, 2.05) is 80.6 Å². The fourth-order valence-corrected chi connectivity index (χ4v) is 5.99. The summed E-state index contributed by atoms with van der Waals surface area (Å²) in [5, 5.41) is 38.9. The van der Waals surface area contributed by atoms with Crippen molar-refractivity contribution in [1.82, 2.24) is 10.3 Å². The van der Waals surface area contributed by atoms with Gasteiger partial charge < -0.3 is 35.2 Å². The second-order valence-corrected chi connectivity index (χ2v) is 12.5. The van der Waals surface area contributed by atoms with Crippen LogP contribution < -0.4 is 20.5 Å². The molecule has 5 aromatic rings. The van der Waals surface area contributed by atoms with Gasteiger partial charge in [-0.05, 0) is 47.2 Å². The van der Waals surface area contributed by atoms with Crippen LogP contribution in [0.1, 0.15) is 71.2 Å². The first-order valence-electron chi connectivity index (χ1n) is 16.1. The van der Waals surface area contributed by atoms with E-state index in [0.717, 1.165) is 11.1 Å². The molecule has 1 amide bonds. The van der Waals surface area contributed by atoms with Gasteiger partial charge in [0, 0.05) is 11.1 Å². The van der Waals surface area contributed by atoms with Crippen molar-refractivity contribution in [3.05, 3.63) is 148 Å². The molecule has 10 nitrogen and oxygen atoms in total. The highest BCUT2D eigenvalue weighted by Crippen LogP contribution is 2.49. The number of aromatic nitrogens is 1. The summed E-state index contributed by atoms with van der Waals surface area (Å²) in [5.74, 6) is -0.487. The monoisotopic (exact) mass is 658 g/mol. The number of nitrogens with zero attached hydrogens (tertiary/aromatic N) is 2. The minimum atomic E-state index is -2.44. The average molecular weight is 659 g/mol. The molecule has 1 aliphatic heterocycles. The highest BCUT2D eigenvalue weighted by molar-refractivity contribution is 5.82. The molecule has 4 aromatic carbocycles. The molecular weight excluding hydrogens is 620 g/mol. The maximum atomic E-state index is 13.4. The van der Waals surface area contributed by atoms with Crippen molar-refractivity contribution < 1.29 is 28.9 Å². The molecule has 0 unspecified atom stereocenters. The molecule has 0 saturated heterocycles. The Morgan fingerprint density at radius 1 is 0.959 bits per heavy atom. The fraction of sp³-hybridized carbons (Fsp3) is 0.256. The van der Waals surface area contributed by atoms with Gasteiger partial charge in [-0.2, -0.15) is 5.26 Å². The number of carbonyl (C=O) groups excluding carboxylic acids is 1. The van der Waals surface area contributed by atoms with E-state index in [0.29, 0.717) is 5.56 Å². The number of aliphatic hydroxyl groups excluding tert-OH is 1. The molecule has 6 rings (SSSR count). The second kappa shape index (κ2) is 14.3. The van der Waals surface area contributed by atoms with Crippen LogP contribution in [-0.4, -0.2) is 27.1 Å². The van der Waals surface area contributed by atoms with Gasteiger partial charge in [0.25, 0.3) is 0 Å². The van der Waals surface area contributed by atoms with Crippen LogP contribution >= 0.6 is 0 Å². The molecule has 49 heavy (non-hydrogen) atoms. The molecular formula is C39H38N4O6. The Morgan fingerprint density at radius 3 is 2.20 bits per heavy atom. The summed E-state index contributed by atoms with van der Waals surface area (Å²) in [6.45, 7) is 4.05. The van der Waals surface area contributed by atoms with Gasteiger partial charge in [0.1, 0.15) is 42.9 Å². The summed E-state index contributed by atoms with van der Waals surface area (Å²) in [5.41, 5.74) is 6.40. The number of fused-ring (bicyclic) bond motifs is 4. The van der Waals surface area contributed by atoms with Crippen LogP contribution in [-0.2, 0) is 30.0 Å². The minimum Gasteiger partial charge on any atom is -0.489 e. The number of amides is 1. The Labute approximate surface area is 284 Å². The number of aliphatic hydroxyl groups is 2. The topological polar surface area (TPSA) is 164 Å². The number of carbonyl (C=O) groups is 1. The van der Waals surface area contributed by atoms with Crippen molar-refractivity contribution in [3.8, 4) is 17.6 Å². The molecule has 0 fully saturated rings.